The zero-order valence-electron chi connectivity index (χ0n) is 12.5. The largest absolute Gasteiger partial charge is 0.481 e. The van der Waals surface area contributed by atoms with E-state index < -0.39 is 5.97 Å². The lowest BCUT2D eigenvalue weighted by Gasteiger charge is -2.35. The van der Waals surface area contributed by atoms with Crippen molar-refractivity contribution < 1.29 is 14.7 Å². The minimum absolute atomic E-state index is 0.0280. The second-order valence-electron chi connectivity index (χ2n) is 6.51. The summed E-state index contributed by atoms with van der Waals surface area (Å²) in [5, 5.41) is 12.1. The molecule has 20 heavy (non-hydrogen) atoms. The van der Waals surface area contributed by atoms with Crippen LogP contribution in [0.15, 0.2) is 0 Å². The molecule has 0 radical (unpaired) electrons. The molecule has 1 aliphatic heterocycles. The predicted molar refractivity (Wildman–Crippen MR) is 76.4 cm³/mol. The lowest BCUT2D eigenvalue weighted by atomic mass is 9.89. The summed E-state index contributed by atoms with van der Waals surface area (Å²) in [5.41, 5.74) is 0. The Bertz CT molecular complexity index is 372. The monoisotopic (exact) mass is 282 g/mol. The van der Waals surface area contributed by atoms with Gasteiger partial charge in [-0.05, 0) is 37.0 Å². The molecule has 2 amide bonds. The van der Waals surface area contributed by atoms with E-state index in [9.17, 15) is 9.59 Å². The number of likely N-dealkylation sites (tertiary alicyclic amines) is 1. The fourth-order valence-electron chi connectivity index (χ4n) is 3.38. The summed E-state index contributed by atoms with van der Waals surface area (Å²) >= 11 is 0. The molecule has 1 saturated heterocycles. The smallest absolute Gasteiger partial charge is 0.317 e. The number of amides is 2. The molecule has 0 spiro atoms. The number of nitrogens with one attached hydrogen (secondary N) is 1. The molecule has 1 aliphatic carbocycles. The van der Waals surface area contributed by atoms with Crippen LogP contribution in [0, 0.1) is 23.7 Å². The summed E-state index contributed by atoms with van der Waals surface area (Å²) in [5.74, 6) is 0.299. The number of carbonyl (C=O) groups excluding carboxylic acids is 1. The van der Waals surface area contributed by atoms with Crippen molar-refractivity contribution in [2.45, 2.75) is 39.5 Å². The van der Waals surface area contributed by atoms with E-state index in [1.54, 1.807) is 0 Å². The number of nitrogens with zero attached hydrogens (tertiary/aromatic N) is 1. The summed E-state index contributed by atoms with van der Waals surface area (Å²) in [7, 11) is 0. The first kappa shape index (κ1) is 15.1. The number of aliphatic carboxylic acids is 1. The summed E-state index contributed by atoms with van der Waals surface area (Å²) in [4.78, 5) is 25.1. The molecule has 2 N–H and O–H groups in total. The van der Waals surface area contributed by atoms with E-state index in [4.69, 9.17) is 5.11 Å². The highest BCUT2D eigenvalue weighted by Crippen LogP contribution is 2.31. The minimum Gasteiger partial charge on any atom is -0.481 e. The van der Waals surface area contributed by atoms with Crippen LogP contribution in [-0.4, -0.2) is 41.6 Å². The highest BCUT2D eigenvalue weighted by Gasteiger charge is 2.33. The number of hydrogen-bond donors (Lipinski definition) is 2. The molecule has 2 rings (SSSR count). The predicted octanol–water partition coefficient (Wildman–Crippen LogP) is 2.17. The summed E-state index contributed by atoms with van der Waals surface area (Å²) in [6, 6.07) is -0.0280. The molecule has 0 bridgehead atoms. The van der Waals surface area contributed by atoms with Crippen molar-refractivity contribution >= 4 is 12.0 Å². The van der Waals surface area contributed by atoms with Crippen molar-refractivity contribution in [1.29, 1.82) is 0 Å². The number of urea groups is 1. The summed E-state index contributed by atoms with van der Waals surface area (Å²) in [6.07, 6.45) is 3.66. The number of carboxylic acids is 1. The fourth-order valence-corrected chi connectivity index (χ4v) is 3.38. The normalized spacial score (nSPS) is 34.0. The van der Waals surface area contributed by atoms with Gasteiger partial charge in [-0.2, -0.15) is 0 Å². The van der Waals surface area contributed by atoms with Gasteiger partial charge in [-0.25, -0.2) is 4.79 Å². The van der Waals surface area contributed by atoms with Gasteiger partial charge in [0.05, 0.1) is 5.92 Å². The van der Waals surface area contributed by atoms with Crippen LogP contribution < -0.4 is 5.32 Å². The van der Waals surface area contributed by atoms with Gasteiger partial charge in [0.2, 0.25) is 0 Å². The maximum Gasteiger partial charge on any atom is 0.317 e. The van der Waals surface area contributed by atoms with Gasteiger partial charge in [-0.1, -0.05) is 20.3 Å². The molecule has 0 aromatic carbocycles. The van der Waals surface area contributed by atoms with Crippen molar-refractivity contribution in [3.63, 3.8) is 0 Å². The number of carbonyl (C=O) groups is 2. The molecule has 114 valence electrons. The van der Waals surface area contributed by atoms with Gasteiger partial charge in [-0.15, -0.1) is 0 Å². The molecule has 1 saturated carbocycles. The van der Waals surface area contributed by atoms with Crippen molar-refractivity contribution in [3.8, 4) is 0 Å². The van der Waals surface area contributed by atoms with E-state index >= 15 is 0 Å². The number of carboxylic acid groups (broad SMARTS) is 1. The van der Waals surface area contributed by atoms with Gasteiger partial charge < -0.3 is 15.3 Å². The topological polar surface area (TPSA) is 69.6 Å². The fraction of sp³-hybridized carbons (Fsp3) is 0.867. The van der Waals surface area contributed by atoms with E-state index in [0.29, 0.717) is 18.4 Å². The molecule has 2 fully saturated rings. The molecule has 4 unspecified atom stereocenters. The Balaban J connectivity index is 1.79. The van der Waals surface area contributed by atoms with Crippen molar-refractivity contribution in [1.82, 2.24) is 10.2 Å². The number of rotatable bonds is 3. The first-order valence-electron chi connectivity index (χ1n) is 7.74. The summed E-state index contributed by atoms with van der Waals surface area (Å²) < 4.78 is 0. The molecule has 2 aliphatic rings. The molecule has 5 heteroatoms. The first-order chi connectivity index (χ1) is 9.49. The molecule has 0 aromatic rings. The third-order valence-electron chi connectivity index (χ3n) is 5.11. The average Bonchev–Trinajstić information content (AvgIpc) is 2.87. The maximum absolute atomic E-state index is 12.2. The van der Waals surface area contributed by atoms with Gasteiger partial charge >= 0.3 is 12.0 Å². The van der Waals surface area contributed by atoms with Gasteiger partial charge in [0, 0.05) is 19.6 Å². The van der Waals surface area contributed by atoms with E-state index in [1.165, 1.54) is 0 Å². The van der Waals surface area contributed by atoms with E-state index in [-0.39, 0.29) is 17.9 Å². The third-order valence-corrected chi connectivity index (χ3v) is 5.11. The second kappa shape index (κ2) is 6.46. The van der Waals surface area contributed by atoms with Crippen molar-refractivity contribution in [3.05, 3.63) is 0 Å². The lowest BCUT2D eigenvalue weighted by Crippen LogP contribution is -2.48. The second-order valence-corrected chi connectivity index (χ2v) is 6.51. The average molecular weight is 282 g/mol. The van der Waals surface area contributed by atoms with Crippen LogP contribution in [0.3, 0.4) is 0 Å². The molecular weight excluding hydrogens is 256 g/mol. The van der Waals surface area contributed by atoms with E-state index in [2.05, 4.69) is 19.2 Å². The Morgan fingerprint density at radius 1 is 1.20 bits per heavy atom. The molecule has 5 nitrogen and oxygen atoms in total. The molecule has 0 aromatic heterocycles. The Kier molecular flexibility index (Phi) is 4.89. The Labute approximate surface area is 120 Å². The Morgan fingerprint density at radius 3 is 2.60 bits per heavy atom. The standard InChI is InChI=1S/C15H26N2O3/c1-10-6-7-17(9-11(10)2)15(20)16-8-12-4-3-5-13(12)14(18)19/h10-13H,3-9H2,1-2H3,(H,16,20)(H,18,19). The highest BCUT2D eigenvalue weighted by atomic mass is 16.4. The quantitative estimate of drug-likeness (QED) is 0.833. The maximum atomic E-state index is 12.2. The minimum atomic E-state index is -0.720. The van der Waals surface area contributed by atoms with Gasteiger partial charge in [0.15, 0.2) is 0 Å². The van der Waals surface area contributed by atoms with Gasteiger partial charge in [0.1, 0.15) is 0 Å². The van der Waals surface area contributed by atoms with Crippen LogP contribution in [0.4, 0.5) is 4.79 Å². The van der Waals surface area contributed by atoms with Crippen LogP contribution in [-0.2, 0) is 4.79 Å². The zero-order valence-corrected chi connectivity index (χ0v) is 12.5. The molecular formula is C15H26N2O3. The molecule has 4 atom stereocenters. The van der Waals surface area contributed by atoms with Crippen LogP contribution >= 0.6 is 0 Å². The van der Waals surface area contributed by atoms with Crippen molar-refractivity contribution in [2.24, 2.45) is 23.7 Å². The van der Waals surface area contributed by atoms with Crippen LogP contribution in [0.2, 0.25) is 0 Å². The summed E-state index contributed by atoms with van der Waals surface area (Å²) in [6.45, 7) is 6.53. The zero-order chi connectivity index (χ0) is 14.7. The molecule has 1 heterocycles. The van der Waals surface area contributed by atoms with Crippen LogP contribution in [0.25, 0.3) is 0 Å². The van der Waals surface area contributed by atoms with E-state index in [0.717, 1.165) is 38.8 Å². The first-order valence-corrected chi connectivity index (χ1v) is 7.74. The highest BCUT2D eigenvalue weighted by molar-refractivity contribution is 5.74. The third kappa shape index (κ3) is 3.44. The van der Waals surface area contributed by atoms with Crippen molar-refractivity contribution in [2.75, 3.05) is 19.6 Å². The van der Waals surface area contributed by atoms with Crippen LogP contribution in [0.1, 0.15) is 39.5 Å². The SMILES string of the molecule is CC1CCN(C(=O)NCC2CCCC2C(=O)O)CC1C. The van der Waals surface area contributed by atoms with E-state index in [1.807, 2.05) is 4.90 Å². The Hall–Kier alpha value is -1.26. The number of hydrogen-bond acceptors (Lipinski definition) is 2. The number of piperidine rings is 1. The lowest BCUT2D eigenvalue weighted by molar-refractivity contribution is -0.142. The van der Waals surface area contributed by atoms with Crippen LogP contribution in [0.5, 0.6) is 0 Å². The van der Waals surface area contributed by atoms with Gasteiger partial charge in [0.25, 0.3) is 0 Å². The van der Waals surface area contributed by atoms with Gasteiger partial charge in [-0.3, -0.25) is 4.79 Å². The Morgan fingerprint density at radius 2 is 1.95 bits per heavy atom.